The maximum absolute atomic E-state index is 11.7. The summed E-state index contributed by atoms with van der Waals surface area (Å²) in [4.78, 5) is 13.2. The number of anilines is 1. The van der Waals surface area contributed by atoms with Crippen molar-refractivity contribution in [2.24, 2.45) is 5.73 Å². The van der Waals surface area contributed by atoms with E-state index in [-0.39, 0.29) is 12.3 Å². The summed E-state index contributed by atoms with van der Waals surface area (Å²) in [5.74, 6) is -0.0996. The second-order valence-electron chi connectivity index (χ2n) is 5.08. The van der Waals surface area contributed by atoms with Crippen molar-refractivity contribution in [1.29, 1.82) is 0 Å². The third-order valence-corrected chi connectivity index (χ3v) is 2.42. The normalized spacial score (nSPS) is 11.3. The molecular formula is C13H17N5O. The number of nitrogens with two attached hydrogens (primary N) is 1. The maximum atomic E-state index is 11.7. The summed E-state index contributed by atoms with van der Waals surface area (Å²) in [6.45, 7) is 3.64. The van der Waals surface area contributed by atoms with Crippen LogP contribution in [-0.4, -0.2) is 26.4 Å². The first kappa shape index (κ1) is 13.2. The molecule has 2 rings (SSSR count). The molecule has 0 aliphatic rings. The SMILES string of the molecule is CC(C)(N)CC(=O)Nc1ccc(-n2nccn2)cc1. The van der Waals surface area contributed by atoms with Crippen LogP contribution in [0.2, 0.25) is 0 Å². The summed E-state index contributed by atoms with van der Waals surface area (Å²) in [6.07, 6.45) is 3.49. The van der Waals surface area contributed by atoms with E-state index in [0.717, 1.165) is 11.4 Å². The van der Waals surface area contributed by atoms with E-state index in [1.165, 1.54) is 4.80 Å². The maximum Gasteiger partial charge on any atom is 0.226 e. The molecule has 0 radical (unpaired) electrons. The number of hydrogen-bond donors (Lipinski definition) is 2. The van der Waals surface area contributed by atoms with Gasteiger partial charge in [-0.2, -0.15) is 15.0 Å². The minimum Gasteiger partial charge on any atom is -0.326 e. The summed E-state index contributed by atoms with van der Waals surface area (Å²) in [5, 5.41) is 10.9. The van der Waals surface area contributed by atoms with Crippen LogP contribution < -0.4 is 11.1 Å². The predicted molar refractivity (Wildman–Crippen MR) is 72.9 cm³/mol. The van der Waals surface area contributed by atoms with Crippen molar-refractivity contribution in [3.63, 3.8) is 0 Å². The number of carbonyl (C=O) groups is 1. The molecule has 19 heavy (non-hydrogen) atoms. The van der Waals surface area contributed by atoms with Gasteiger partial charge in [0.15, 0.2) is 0 Å². The molecule has 0 saturated carbocycles. The molecule has 6 nitrogen and oxygen atoms in total. The lowest BCUT2D eigenvalue weighted by Gasteiger charge is -2.17. The van der Waals surface area contributed by atoms with Crippen LogP contribution in [0.4, 0.5) is 5.69 Å². The molecule has 0 aliphatic carbocycles. The number of aromatic nitrogens is 3. The zero-order chi connectivity index (χ0) is 13.9. The third-order valence-electron chi connectivity index (χ3n) is 2.42. The van der Waals surface area contributed by atoms with E-state index in [4.69, 9.17) is 5.73 Å². The van der Waals surface area contributed by atoms with E-state index in [9.17, 15) is 4.79 Å². The van der Waals surface area contributed by atoms with Crippen LogP contribution >= 0.6 is 0 Å². The molecule has 0 fully saturated rings. The summed E-state index contributed by atoms with van der Waals surface area (Å²) >= 11 is 0. The highest BCUT2D eigenvalue weighted by Gasteiger charge is 2.16. The first-order chi connectivity index (χ1) is 8.94. The lowest BCUT2D eigenvalue weighted by molar-refractivity contribution is -0.117. The fourth-order valence-electron chi connectivity index (χ4n) is 1.65. The van der Waals surface area contributed by atoms with E-state index in [0.29, 0.717) is 0 Å². The molecular weight excluding hydrogens is 242 g/mol. The Morgan fingerprint density at radius 1 is 1.26 bits per heavy atom. The molecule has 0 bridgehead atoms. The van der Waals surface area contributed by atoms with Crippen molar-refractivity contribution in [2.45, 2.75) is 25.8 Å². The number of nitrogens with zero attached hydrogens (tertiary/aromatic N) is 3. The van der Waals surface area contributed by atoms with Gasteiger partial charge in [0.05, 0.1) is 18.1 Å². The van der Waals surface area contributed by atoms with Gasteiger partial charge in [-0.15, -0.1) is 0 Å². The minimum absolute atomic E-state index is 0.0996. The Morgan fingerprint density at radius 2 is 1.84 bits per heavy atom. The van der Waals surface area contributed by atoms with Gasteiger partial charge in [-0.1, -0.05) is 0 Å². The smallest absolute Gasteiger partial charge is 0.226 e. The van der Waals surface area contributed by atoms with Gasteiger partial charge in [0.2, 0.25) is 5.91 Å². The van der Waals surface area contributed by atoms with E-state index in [1.807, 2.05) is 26.0 Å². The Hall–Kier alpha value is -2.21. The van der Waals surface area contributed by atoms with Crippen molar-refractivity contribution >= 4 is 11.6 Å². The van der Waals surface area contributed by atoms with Crippen LogP contribution in [0.25, 0.3) is 5.69 Å². The molecule has 1 amide bonds. The highest BCUT2D eigenvalue weighted by molar-refractivity contribution is 5.91. The molecule has 6 heteroatoms. The molecule has 0 saturated heterocycles. The third kappa shape index (κ3) is 3.89. The van der Waals surface area contributed by atoms with Gasteiger partial charge in [0, 0.05) is 17.6 Å². The Balaban J connectivity index is 2.01. The van der Waals surface area contributed by atoms with E-state index in [1.54, 1.807) is 24.5 Å². The predicted octanol–water partition coefficient (Wildman–Crippen LogP) is 1.33. The fourth-order valence-corrected chi connectivity index (χ4v) is 1.65. The van der Waals surface area contributed by atoms with Crippen LogP contribution in [0.1, 0.15) is 20.3 Å². The van der Waals surface area contributed by atoms with Crippen LogP contribution in [0.5, 0.6) is 0 Å². The molecule has 2 aromatic rings. The van der Waals surface area contributed by atoms with Crippen LogP contribution in [-0.2, 0) is 4.79 Å². The Bertz CT molecular complexity index is 539. The molecule has 0 aliphatic heterocycles. The quantitative estimate of drug-likeness (QED) is 0.867. The van der Waals surface area contributed by atoms with Crippen molar-refractivity contribution in [1.82, 2.24) is 15.0 Å². The molecule has 0 spiro atoms. The highest BCUT2D eigenvalue weighted by atomic mass is 16.1. The fraction of sp³-hybridized carbons (Fsp3) is 0.308. The molecule has 100 valence electrons. The molecule has 0 atom stereocenters. The zero-order valence-electron chi connectivity index (χ0n) is 11.0. The average molecular weight is 259 g/mol. The molecule has 1 heterocycles. The van der Waals surface area contributed by atoms with Crippen LogP contribution in [0, 0.1) is 0 Å². The number of rotatable bonds is 4. The lowest BCUT2D eigenvalue weighted by Crippen LogP contribution is -2.36. The van der Waals surface area contributed by atoms with E-state index < -0.39 is 5.54 Å². The van der Waals surface area contributed by atoms with Crippen molar-refractivity contribution in [2.75, 3.05) is 5.32 Å². The monoisotopic (exact) mass is 259 g/mol. The Labute approximate surface area is 111 Å². The topological polar surface area (TPSA) is 85.8 Å². The van der Waals surface area contributed by atoms with Gasteiger partial charge in [-0.05, 0) is 38.1 Å². The van der Waals surface area contributed by atoms with E-state index in [2.05, 4.69) is 15.5 Å². The van der Waals surface area contributed by atoms with E-state index >= 15 is 0 Å². The standard InChI is InChI=1S/C13H17N5O/c1-13(2,14)9-12(19)17-10-3-5-11(6-4-10)18-15-7-8-16-18/h3-8H,9,14H2,1-2H3,(H,17,19). The number of benzene rings is 1. The van der Waals surface area contributed by atoms with Gasteiger partial charge < -0.3 is 11.1 Å². The van der Waals surface area contributed by atoms with Gasteiger partial charge >= 0.3 is 0 Å². The summed E-state index contributed by atoms with van der Waals surface area (Å²) in [7, 11) is 0. The number of nitrogens with one attached hydrogen (secondary N) is 1. The Morgan fingerprint density at radius 3 is 2.37 bits per heavy atom. The van der Waals surface area contributed by atoms with Crippen LogP contribution in [0.15, 0.2) is 36.7 Å². The van der Waals surface area contributed by atoms with Gasteiger partial charge in [0.25, 0.3) is 0 Å². The van der Waals surface area contributed by atoms with Gasteiger partial charge in [-0.25, -0.2) is 0 Å². The van der Waals surface area contributed by atoms with Crippen molar-refractivity contribution in [3.05, 3.63) is 36.7 Å². The molecule has 3 N–H and O–H groups in total. The average Bonchev–Trinajstić information content (AvgIpc) is 2.80. The highest BCUT2D eigenvalue weighted by Crippen LogP contribution is 2.13. The second-order valence-corrected chi connectivity index (χ2v) is 5.08. The number of hydrogen-bond acceptors (Lipinski definition) is 4. The minimum atomic E-state index is -0.511. The number of carbonyl (C=O) groups excluding carboxylic acids is 1. The first-order valence-corrected chi connectivity index (χ1v) is 5.99. The second kappa shape index (κ2) is 5.19. The zero-order valence-corrected chi connectivity index (χ0v) is 11.0. The molecule has 1 aromatic carbocycles. The van der Waals surface area contributed by atoms with Gasteiger partial charge in [-0.3, -0.25) is 4.79 Å². The summed E-state index contributed by atoms with van der Waals surface area (Å²) in [6, 6.07) is 7.28. The lowest BCUT2D eigenvalue weighted by atomic mass is 10.0. The largest absolute Gasteiger partial charge is 0.326 e. The van der Waals surface area contributed by atoms with Gasteiger partial charge in [0.1, 0.15) is 0 Å². The first-order valence-electron chi connectivity index (χ1n) is 5.99. The summed E-state index contributed by atoms with van der Waals surface area (Å²) < 4.78 is 0. The molecule has 1 aromatic heterocycles. The summed E-state index contributed by atoms with van der Waals surface area (Å²) in [5.41, 5.74) is 6.85. The molecule has 0 unspecified atom stereocenters. The van der Waals surface area contributed by atoms with Crippen molar-refractivity contribution < 1.29 is 4.79 Å². The van der Waals surface area contributed by atoms with Crippen molar-refractivity contribution in [3.8, 4) is 5.69 Å². The number of amides is 1. The Kier molecular flexibility index (Phi) is 3.62. The van der Waals surface area contributed by atoms with Crippen LogP contribution in [0.3, 0.4) is 0 Å².